The Morgan fingerprint density at radius 2 is 1.92 bits per heavy atom. The minimum absolute atomic E-state index is 0.212. The number of nitrogens with zero attached hydrogens (tertiary/aromatic N) is 3. The first-order chi connectivity index (χ1) is 11.8. The minimum atomic E-state index is 0.212. The van der Waals surface area contributed by atoms with Gasteiger partial charge in [-0.2, -0.15) is 0 Å². The number of rotatable bonds is 3. The fraction of sp³-hybridized carbons (Fsp3) is 0.222. The van der Waals surface area contributed by atoms with E-state index in [1.807, 2.05) is 18.2 Å². The number of morpholine rings is 1. The van der Waals surface area contributed by atoms with Crippen LogP contribution in [0, 0.1) is 0 Å². The van der Waals surface area contributed by atoms with Crippen molar-refractivity contribution in [2.45, 2.75) is 0 Å². The van der Waals surface area contributed by atoms with Crippen molar-refractivity contribution in [1.82, 2.24) is 9.97 Å². The molecule has 24 heavy (non-hydrogen) atoms. The van der Waals surface area contributed by atoms with Crippen molar-refractivity contribution in [1.29, 1.82) is 0 Å². The van der Waals surface area contributed by atoms with Crippen molar-refractivity contribution in [3.63, 3.8) is 0 Å². The maximum Gasteiger partial charge on any atom is 0.227 e. The molecule has 0 unspecified atom stereocenters. The smallest absolute Gasteiger partial charge is 0.227 e. The van der Waals surface area contributed by atoms with Crippen LogP contribution in [-0.2, 0) is 4.74 Å². The first kappa shape index (κ1) is 14.7. The number of aromatic hydroxyl groups is 1. The molecule has 6 nitrogen and oxygen atoms in total. The van der Waals surface area contributed by atoms with Crippen molar-refractivity contribution >= 4 is 28.2 Å². The molecule has 1 aliphatic rings. The van der Waals surface area contributed by atoms with Crippen LogP contribution in [0.25, 0.3) is 10.9 Å². The van der Waals surface area contributed by atoms with Gasteiger partial charge in [-0.15, -0.1) is 0 Å². The lowest BCUT2D eigenvalue weighted by atomic mass is 10.2. The van der Waals surface area contributed by atoms with Gasteiger partial charge in [0.1, 0.15) is 5.75 Å². The molecule has 1 aromatic heterocycles. The van der Waals surface area contributed by atoms with E-state index in [9.17, 15) is 5.11 Å². The molecule has 0 bridgehead atoms. The fourth-order valence-corrected chi connectivity index (χ4v) is 2.86. The maximum absolute atomic E-state index is 9.53. The molecule has 1 fully saturated rings. The summed E-state index contributed by atoms with van der Waals surface area (Å²) < 4.78 is 5.43. The Morgan fingerprint density at radius 1 is 1.08 bits per heavy atom. The molecule has 4 rings (SSSR count). The lowest BCUT2D eigenvalue weighted by Gasteiger charge is -2.30. The molecule has 0 amide bonds. The van der Waals surface area contributed by atoms with Crippen LogP contribution in [-0.4, -0.2) is 41.4 Å². The van der Waals surface area contributed by atoms with E-state index in [0.717, 1.165) is 48.6 Å². The second-order valence-electron chi connectivity index (χ2n) is 5.68. The number of benzene rings is 2. The van der Waals surface area contributed by atoms with Gasteiger partial charge in [-0.3, -0.25) is 0 Å². The van der Waals surface area contributed by atoms with Crippen LogP contribution >= 0.6 is 0 Å². The molecule has 0 aliphatic carbocycles. The highest BCUT2D eigenvalue weighted by atomic mass is 16.5. The number of hydrogen-bond donors (Lipinski definition) is 2. The van der Waals surface area contributed by atoms with Crippen LogP contribution in [0.1, 0.15) is 0 Å². The first-order valence-electron chi connectivity index (χ1n) is 7.94. The number of anilines is 3. The predicted molar refractivity (Wildman–Crippen MR) is 94.0 cm³/mol. The number of aromatic nitrogens is 2. The van der Waals surface area contributed by atoms with Crippen LogP contribution in [0.3, 0.4) is 0 Å². The molecular weight excluding hydrogens is 304 g/mol. The molecule has 1 aliphatic heterocycles. The van der Waals surface area contributed by atoms with Gasteiger partial charge in [-0.1, -0.05) is 12.1 Å². The van der Waals surface area contributed by atoms with E-state index in [-0.39, 0.29) is 5.75 Å². The van der Waals surface area contributed by atoms with Crippen LogP contribution in [0.15, 0.2) is 48.7 Å². The van der Waals surface area contributed by atoms with Gasteiger partial charge >= 0.3 is 0 Å². The van der Waals surface area contributed by atoms with E-state index in [2.05, 4.69) is 26.3 Å². The summed E-state index contributed by atoms with van der Waals surface area (Å²) in [5, 5.41) is 13.6. The Hall–Kier alpha value is -2.86. The average Bonchev–Trinajstić information content (AvgIpc) is 2.63. The van der Waals surface area contributed by atoms with Crippen molar-refractivity contribution < 1.29 is 9.84 Å². The molecule has 2 heterocycles. The second-order valence-corrected chi connectivity index (χ2v) is 5.68. The van der Waals surface area contributed by atoms with E-state index in [1.54, 1.807) is 24.4 Å². The lowest BCUT2D eigenvalue weighted by Crippen LogP contribution is -2.36. The zero-order chi connectivity index (χ0) is 16.4. The van der Waals surface area contributed by atoms with Crippen molar-refractivity contribution in [2.75, 3.05) is 36.5 Å². The number of fused-ring (bicyclic) bond motifs is 1. The van der Waals surface area contributed by atoms with Gasteiger partial charge in [0.2, 0.25) is 5.95 Å². The molecular formula is C18H18N4O2. The van der Waals surface area contributed by atoms with Crippen LogP contribution < -0.4 is 10.2 Å². The van der Waals surface area contributed by atoms with Crippen molar-refractivity contribution in [3.05, 3.63) is 48.7 Å². The summed E-state index contributed by atoms with van der Waals surface area (Å²) in [6, 6.07) is 13.2. The van der Waals surface area contributed by atoms with Gasteiger partial charge in [-0.05, 0) is 30.3 Å². The molecule has 0 spiro atoms. The number of phenols is 1. The average molecular weight is 322 g/mol. The van der Waals surface area contributed by atoms with Crippen LogP contribution in [0.4, 0.5) is 17.3 Å². The highest BCUT2D eigenvalue weighted by Crippen LogP contribution is 2.28. The van der Waals surface area contributed by atoms with E-state index >= 15 is 0 Å². The van der Waals surface area contributed by atoms with E-state index < -0.39 is 0 Å². The van der Waals surface area contributed by atoms with Gasteiger partial charge in [0, 0.05) is 24.7 Å². The largest absolute Gasteiger partial charge is 0.508 e. The number of ether oxygens (including phenoxy) is 1. The topological polar surface area (TPSA) is 70.5 Å². The molecule has 0 radical (unpaired) electrons. The van der Waals surface area contributed by atoms with Gasteiger partial charge in [0.25, 0.3) is 0 Å². The summed E-state index contributed by atoms with van der Waals surface area (Å²) in [6.07, 6.45) is 1.71. The van der Waals surface area contributed by atoms with Gasteiger partial charge in [-0.25, -0.2) is 9.97 Å². The Bertz CT molecular complexity index is 863. The summed E-state index contributed by atoms with van der Waals surface area (Å²) in [4.78, 5) is 11.2. The highest BCUT2D eigenvalue weighted by molar-refractivity contribution is 5.81. The van der Waals surface area contributed by atoms with Crippen LogP contribution in [0.2, 0.25) is 0 Å². The number of nitrogens with one attached hydrogen (secondary N) is 1. The predicted octanol–water partition coefficient (Wildman–Crippen LogP) is 2.92. The Morgan fingerprint density at radius 3 is 2.79 bits per heavy atom. The zero-order valence-corrected chi connectivity index (χ0v) is 13.1. The van der Waals surface area contributed by atoms with Crippen molar-refractivity contribution in [2.24, 2.45) is 0 Å². The molecule has 2 aromatic carbocycles. The number of phenolic OH excluding ortho intramolecular Hbond substituents is 1. The molecule has 6 heteroatoms. The minimum Gasteiger partial charge on any atom is -0.508 e. The zero-order valence-electron chi connectivity index (χ0n) is 13.1. The summed E-state index contributed by atoms with van der Waals surface area (Å²) in [5.41, 5.74) is 2.88. The SMILES string of the molecule is Oc1ccc2nc(Nc3ccccc3N3CCOCC3)ncc2c1. The molecule has 3 aromatic rings. The Labute approximate surface area is 139 Å². The van der Waals surface area contributed by atoms with Crippen LogP contribution in [0.5, 0.6) is 5.75 Å². The summed E-state index contributed by atoms with van der Waals surface area (Å²) in [6.45, 7) is 3.22. The summed E-state index contributed by atoms with van der Waals surface area (Å²) in [7, 11) is 0. The van der Waals surface area contributed by atoms with Gasteiger partial charge in [0.15, 0.2) is 0 Å². The monoisotopic (exact) mass is 322 g/mol. The van der Waals surface area contributed by atoms with E-state index in [4.69, 9.17) is 4.74 Å². The van der Waals surface area contributed by atoms with Gasteiger partial charge in [0.05, 0.1) is 30.1 Å². The standard InChI is InChI=1S/C18H18N4O2/c23-14-5-6-15-13(11-14)12-19-18(20-15)21-16-3-1-2-4-17(16)22-7-9-24-10-8-22/h1-6,11-12,23H,7-10H2,(H,19,20,21). The highest BCUT2D eigenvalue weighted by Gasteiger charge is 2.15. The fourth-order valence-electron chi connectivity index (χ4n) is 2.86. The van der Waals surface area contributed by atoms with E-state index in [0.29, 0.717) is 5.95 Å². The van der Waals surface area contributed by atoms with E-state index in [1.165, 1.54) is 0 Å². The summed E-state index contributed by atoms with van der Waals surface area (Å²) in [5.74, 6) is 0.748. The Kier molecular flexibility index (Phi) is 3.88. The Balaban J connectivity index is 1.64. The third-order valence-electron chi connectivity index (χ3n) is 4.07. The third kappa shape index (κ3) is 2.96. The second kappa shape index (κ2) is 6.33. The molecule has 1 saturated heterocycles. The first-order valence-corrected chi connectivity index (χ1v) is 7.94. The summed E-state index contributed by atoms with van der Waals surface area (Å²) >= 11 is 0. The maximum atomic E-state index is 9.53. The lowest BCUT2D eigenvalue weighted by molar-refractivity contribution is 0.123. The third-order valence-corrected chi connectivity index (χ3v) is 4.07. The molecule has 2 N–H and O–H groups in total. The van der Waals surface area contributed by atoms with Gasteiger partial charge < -0.3 is 20.1 Å². The molecule has 122 valence electrons. The molecule has 0 saturated carbocycles. The molecule has 0 atom stereocenters. The quantitative estimate of drug-likeness (QED) is 0.772. The van der Waals surface area contributed by atoms with Crippen molar-refractivity contribution in [3.8, 4) is 5.75 Å². The number of para-hydroxylation sites is 2. The normalized spacial score (nSPS) is 14.8. The number of hydrogen-bond acceptors (Lipinski definition) is 6.